The number of hydrogen-bond acceptors (Lipinski definition) is 2. The van der Waals surface area contributed by atoms with E-state index in [-0.39, 0.29) is 11.4 Å². The summed E-state index contributed by atoms with van der Waals surface area (Å²) in [6, 6.07) is 0. The van der Waals surface area contributed by atoms with E-state index in [1.54, 1.807) is 25.9 Å². The summed E-state index contributed by atoms with van der Waals surface area (Å²) in [5.41, 5.74) is -0.853. The van der Waals surface area contributed by atoms with Gasteiger partial charge in [0.1, 0.15) is 5.60 Å². The highest BCUT2D eigenvalue weighted by Crippen LogP contribution is 2.21. The summed E-state index contributed by atoms with van der Waals surface area (Å²) in [6.45, 7) is 9.76. The number of carbonyl (C=O) groups excluding carboxylic acids is 1. The van der Waals surface area contributed by atoms with Crippen molar-refractivity contribution in [2.75, 3.05) is 14.2 Å². The predicted molar refractivity (Wildman–Crippen MR) is 58.2 cm³/mol. The van der Waals surface area contributed by atoms with Crippen LogP contribution in [0.15, 0.2) is 0 Å². The Kier molecular flexibility index (Phi) is 4.13. The molecule has 0 radical (unpaired) electrons. The summed E-state index contributed by atoms with van der Waals surface area (Å²) in [5, 5.41) is 0. The van der Waals surface area contributed by atoms with Crippen molar-refractivity contribution >= 4 is 5.91 Å². The van der Waals surface area contributed by atoms with E-state index in [9.17, 15) is 4.79 Å². The minimum absolute atomic E-state index is 0.0202. The van der Waals surface area contributed by atoms with Crippen molar-refractivity contribution in [2.24, 2.45) is 0 Å². The van der Waals surface area contributed by atoms with Crippen LogP contribution in [0.25, 0.3) is 0 Å². The molecule has 0 heterocycles. The van der Waals surface area contributed by atoms with Crippen molar-refractivity contribution < 1.29 is 9.53 Å². The van der Waals surface area contributed by atoms with Crippen molar-refractivity contribution in [1.82, 2.24) is 4.90 Å². The first-order chi connectivity index (χ1) is 6.19. The van der Waals surface area contributed by atoms with Crippen molar-refractivity contribution in [3.8, 4) is 0 Å². The molecule has 3 heteroatoms. The van der Waals surface area contributed by atoms with Gasteiger partial charge in [0.25, 0.3) is 5.91 Å². The molecule has 0 aliphatic carbocycles. The fraction of sp³-hybridized carbons (Fsp3) is 0.909. The molecule has 0 N–H and O–H groups in total. The highest BCUT2D eigenvalue weighted by molar-refractivity contribution is 5.84. The zero-order valence-corrected chi connectivity index (χ0v) is 10.5. The molecule has 0 aromatic rings. The van der Waals surface area contributed by atoms with Crippen molar-refractivity contribution in [2.45, 2.75) is 52.2 Å². The van der Waals surface area contributed by atoms with Crippen LogP contribution in [0.2, 0.25) is 0 Å². The van der Waals surface area contributed by atoms with Gasteiger partial charge in [-0.3, -0.25) is 4.79 Å². The SMILES string of the molecule is CCC(C)(C)N(C)C(=O)C(C)(C)OC. The van der Waals surface area contributed by atoms with E-state index >= 15 is 0 Å². The Labute approximate surface area is 87.4 Å². The molecule has 0 saturated heterocycles. The molecule has 3 nitrogen and oxygen atoms in total. The maximum absolute atomic E-state index is 12.0. The molecule has 0 aromatic carbocycles. The first kappa shape index (κ1) is 13.4. The van der Waals surface area contributed by atoms with Crippen LogP contribution in [0.4, 0.5) is 0 Å². The molecule has 0 rings (SSSR count). The minimum atomic E-state index is -0.735. The second-order valence-corrected chi connectivity index (χ2v) is 4.74. The van der Waals surface area contributed by atoms with Crippen LogP contribution in [0, 0.1) is 0 Å². The van der Waals surface area contributed by atoms with Gasteiger partial charge in [0.2, 0.25) is 0 Å². The van der Waals surface area contributed by atoms with Crippen molar-refractivity contribution in [3.63, 3.8) is 0 Å². The lowest BCUT2D eigenvalue weighted by Gasteiger charge is -2.39. The number of ether oxygens (including phenoxy) is 1. The molecule has 0 aliphatic rings. The van der Waals surface area contributed by atoms with E-state index in [1.807, 2.05) is 7.05 Å². The van der Waals surface area contributed by atoms with Gasteiger partial charge in [-0.2, -0.15) is 0 Å². The maximum Gasteiger partial charge on any atom is 0.254 e. The summed E-state index contributed by atoms with van der Waals surface area (Å²) in [6.07, 6.45) is 0.926. The van der Waals surface area contributed by atoms with E-state index in [0.717, 1.165) is 6.42 Å². The van der Waals surface area contributed by atoms with Crippen LogP contribution < -0.4 is 0 Å². The minimum Gasteiger partial charge on any atom is -0.369 e. The van der Waals surface area contributed by atoms with E-state index in [4.69, 9.17) is 4.74 Å². The standard InChI is InChI=1S/C11H23NO2/c1-8-10(2,3)12(6)9(13)11(4,5)14-7/h8H2,1-7H3. The number of amides is 1. The zero-order valence-electron chi connectivity index (χ0n) is 10.5. The smallest absolute Gasteiger partial charge is 0.254 e. The number of hydrogen-bond donors (Lipinski definition) is 0. The molecule has 0 aromatic heterocycles. The Morgan fingerprint density at radius 2 is 1.71 bits per heavy atom. The lowest BCUT2D eigenvalue weighted by molar-refractivity contribution is -0.154. The van der Waals surface area contributed by atoms with Crippen LogP contribution in [0.1, 0.15) is 41.0 Å². The van der Waals surface area contributed by atoms with E-state index in [1.165, 1.54) is 0 Å². The third-order valence-electron chi connectivity index (χ3n) is 3.10. The highest BCUT2D eigenvalue weighted by atomic mass is 16.5. The molecule has 0 atom stereocenters. The van der Waals surface area contributed by atoms with Crippen LogP contribution in [-0.4, -0.2) is 36.1 Å². The summed E-state index contributed by atoms with van der Waals surface area (Å²) in [7, 11) is 3.39. The van der Waals surface area contributed by atoms with E-state index in [0.29, 0.717) is 0 Å². The van der Waals surface area contributed by atoms with Gasteiger partial charge in [0.15, 0.2) is 0 Å². The van der Waals surface area contributed by atoms with Crippen molar-refractivity contribution in [1.29, 1.82) is 0 Å². The molecule has 0 unspecified atom stereocenters. The second kappa shape index (κ2) is 4.30. The average Bonchev–Trinajstić information content (AvgIpc) is 2.15. The molecule has 0 bridgehead atoms. The average molecular weight is 201 g/mol. The first-order valence-electron chi connectivity index (χ1n) is 5.02. The van der Waals surface area contributed by atoms with Gasteiger partial charge in [-0.15, -0.1) is 0 Å². The molecular weight excluding hydrogens is 178 g/mol. The number of likely N-dealkylation sites (N-methyl/N-ethyl adjacent to an activating group) is 1. The quantitative estimate of drug-likeness (QED) is 0.696. The Hall–Kier alpha value is -0.570. The zero-order chi connectivity index (χ0) is 11.6. The van der Waals surface area contributed by atoms with Gasteiger partial charge in [0, 0.05) is 19.7 Å². The molecular formula is C11H23NO2. The highest BCUT2D eigenvalue weighted by Gasteiger charge is 2.35. The normalized spacial score (nSPS) is 12.8. The predicted octanol–water partition coefficient (Wildman–Crippen LogP) is 2.06. The number of nitrogens with zero attached hydrogens (tertiary/aromatic N) is 1. The Morgan fingerprint density at radius 3 is 2.00 bits per heavy atom. The van der Waals surface area contributed by atoms with Gasteiger partial charge in [-0.05, 0) is 34.1 Å². The topological polar surface area (TPSA) is 29.5 Å². The fourth-order valence-corrected chi connectivity index (χ4v) is 1.00. The summed E-state index contributed by atoms with van der Waals surface area (Å²) in [5.74, 6) is 0.0202. The van der Waals surface area contributed by atoms with Gasteiger partial charge >= 0.3 is 0 Å². The molecule has 0 saturated carbocycles. The van der Waals surface area contributed by atoms with Crippen molar-refractivity contribution in [3.05, 3.63) is 0 Å². The van der Waals surface area contributed by atoms with Gasteiger partial charge in [-0.25, -0.2) is 0 Å². The second-order valence-electron chi connectivity index (χ2n) is 4.74. The number of rotatable bonds is 4. The van der Waals surface area contributed by atoms with Crippen LogP contribution in [-0.2, 0) is 9.53 Å². The molecule has 14 heavy (non-hydrogen) atoms. The number of carbonyl (C=O) groups is 1. The van der Waals surface area contributed by atoms with Gasteiger partial charge in [-0.1, -0.05) is 6.92 Å². The molecule has 0 fully saturated rings. The molecule has 1 amide bonds. The van der Waals surface area contributed by atoms with Crippen LogP contribution >= 0.6 is 0 Å². The summed E-state index contributed by atoms with van der Waals surface area (Å²) in [4.78, 5) is 13.8. The third-order valence-corrected chi connectivity index (χ3v) is 3.10. The molecule has 0 spiro atoms. The Balaban J connectivity index is 4.71. The number of methoxy groups -OCH3 is 1. The van der Waals surface area contributed by atoms with Crippen LogP contribution in [0.5, 0.6) is 0 Å². The molecule has 84 valence electrons. The summed E-state index contributed by atoms with van der Waals surface area (Å²) >= 11 is 0. The lowest BCUT2D eigenvalue weighted by atomic mass is 9.97. The monoisotopic (exact) mass is 201 g/mol. The largest absolute Gasteiger partial charge is 0.369 e. The fourth-order valence-electron chi connectivity index (χ4n) is 1.00. The Morgan fingerprint density at radius 1 is 1.29 bits per heavy atom. The van der Waals surface area contributed by atoms with E-state index in [2.05, 4.69) is 20.8 Å². The van der Waals surface area contributed by atoms with Gasteiger partial charge in [0.05, 0.1) is 0 Å². The molecule has 0 aliphatic heterocycles. The maximum atomic E-state index is 12.0. The lowest BCUT2D eigenvalue weighted by Crippen LogP contribution is -2.53. The van der Waals surface area contributed by atoms with E-state index < -0.39 is 5.60 Å². The first-order valence-corrected chi connectivity index (χ1v) is 5.02. The Bertz CT molecular complexity index is 209. The van der Waals surface area contributed by atoms with Gasteiger partial charge < -0.3 is 9.64 Å². The third kappa shape index (κ3) is 2.71. The van der Waals surface area contributed by atoms with Crippen LogP contribution in [0.3, 0.4) is 0 Å². The summed E-state index contributed by atoms with van der Waals surface area (Å²) < 4.78 is 5.17.